The number of carbonyl (C=O) groups is 1. The van der Waals surface area contributed by atoms with Gasteiger partial charge >= 0.3 is 0 Å². The first-order chi connectivity index (χ1) is 10.7. The molecule has 1 N–H and O–H groups in total. The summed E-state index contributed by atoms with van der Waals surface area (Å²) < 4.78 is 18.5. The van der Waals surface area contributed by atoms with Gasteiger partial charge in [0.15, 0.2) is 0 Å². The zero-order chi connectivity index (χ0) is 15.9. The molecule has 1 aromatic rings. The van der Waals surface area contributed by atoms with Gasteiger partial charge in [0.1, 0.15) is 11.6 Å². The van der Waals surface area contributed by atoms with Crippen LogP contribution in [0.25, 0.3) is 0 Å². The molecule has 0 aromatic heterocycles. The number of hydrogen-bond acceptors (Lipinski definition) is 4. The SMILES string of the molecule is CNCCCC(=O)N1CCN(c2ccc(F)cc2OC)CC1. The monoisotopic (exact) mass is 309 g/mol. The van der Waals surface area contributed by atoms with Crippen molar-refractivity contribution in [3.63, 3.8) is 0 Å². The molecule has 1 saturated heterocycles. The molecule has 122 valence electrons. The van der Waals surface area contributed by atoms with Crippen LogP contribution in [0.15, 0.2) is 18.2 Å². The third kappa shape index (κ3) is 4.10. The Bertz CT molecular complexity index is 502. The van der Waals surface area contributed by atoms with Gasteiger partial charge in [-0.05, 0) is 32.1 Å². The van der Waals surface area contributed by atoms with Crippen molar-refractivity contribution < 1.29 is 13.9 Å². The Morgan fingerprint density at radius 3 is 2.68 bits per heavy atom. The molecule has 0 unspecified atom stereocenters. The van der Waals surface area contributed by atoms with Crippen LogP contribution in [0.3, 0.4) is 0 Å². The van der Waals surface area contributed by atoms with Gasteiger partial charge in [-0.25, -0.2) is 4.39 Å². The highest BCUT2D eigenvalue weighted by Gasteiger charge is 2.22. The average molecular weight is 309 g/mol. The summed E-state index contributed by atoms with van der Waals surface area (Å²) in [5, 5.41) is 3.05. The van der Waals surface area contributed by atoms with E-state index >= 15 is 0 Å². The number of carbonyl (C=O) groups excluding carboxylic acids is 1. The van der Waals surface area contributed by atoms with Gasteiger partial charge in [-0.15, -0.1) is 0 Å². The standard InChI is InChI=1S/C16H24FN3O2/c1-18-7-3-4-16(21)20-10-8-19(9-11-20)14-6-5-13(17)12-15(14)22-2/h5-6,12,18H,3-4,7-11H2,1-2H3. The first-order valence-corrected chi connectivity index (χ1v) is 7.66. The van der Waals surface area contributed by atoms with Gasteiger partial charge < -0.3 is 19.9 Å². The van der Waals surface area contributed by atoms with Crippen LogP contribution >= 0.6 is 0 Å². The third-order valence-corrected chi connectivity index (χ3v) is 3.93. The number of ether oxygens (including phenoxy) is 1. The second kappa shape index (κ2) is 7.98. The van der Waals surface area contributed by atoms with Crippen LogP contribution in [-0.2, 0) is 4.79 Å². The Labute approximate surface area is 131 Å². The largest absolute Gasteiger partial charge is 0.494 e. The van der Waals surface area contributed by atoms with Crippen LogP contribution in [0.5, 0.6) is 5.75 Å². The molecule has 1 heterocycles. The first-order valence-electron chi connectivity index (χ1n) is 7.66. The van der Waals surface area contributed by atoms with Crippen LogP contribution in [0.1, 0.15) is 12.8 Å². The second-order valence-corrected chi connectivity index (χ2v) is 5.39. The van der Waals surface area contributed by atoms with E-state index in [-0.39, 0.29) is 11.7 Å². The van der Waals surface area contributed by atoms with E-state index in [1.54, 1.807) is 13.2 Å². The molecule has 6 heteroatoms. The summed E-state index contributed by atoms with van der Waals surface area (Å²) >= 11 is 0. The molecule has 0 atom stereocenters. The number of piperazine rings is 1. The summed E-state index contributed by atoms with van der Waals surface area (Å²) in [6, 6.07) is 4.57. The van der Waals surface area contributed by atoms with Crippen LogP contribution in [-0.4, -0.2) is 57.7 Å². The van der Waals surface area contributed by atoms with E-state index in [0.717, 1.165) is 31.7 Å². The average Bonchev–Trinajstić information content (AvgIpc) is 2.55. The predicted molar refractivity (Wildman–Crippen MR) is 84.9 cm³/mol. The predicted octanol–water partition coefficient (Wildman–Crippen LogP) is 1.48. The van der Waals surface area contributed by atoms with Crippen LogP contribution in [0.4, 0.5) is 10.1 Å². The molecule has 5 nitrogen and oxygen atoms in total. The maximum atomic E-state index is 13.3. The Morgan fingerprint density at radius 1 is 1.32 bits per heavy atom. The molecule has 1 aromatic carbocycles. The first kappa shape index (κ1) is 16.5. The van der Waals surface area contributed by atoms with Crippen molar-refractivity contribution in [2.75, 3.05) is 51.8 Å². The van der Waals surface area contributed by atoms with Crippen LogP contribution < -0.4 is 15.0 Å². The normalized spacial score (nSPS) is 15.0. The van der Waals surface area contributed by atoms with Crippen LogP contribution in [0.2, 0.25) is 0 Å². The van der Waals surface area contributed by atoms with Gasteiger partial charge in [0.25, 0.3) is 0 Å². The van der Waals surface area contributed by atoms with E-state index in [2.05, 4.69) is 10.2 Å². The minimum absolute atomic E-state index is 0.209. The molecule has 0 bridgehead atoms. The summed E-state index contributed by atoms with van der Waals surface area (Å²) in [4.78, 5) is 16.1. The summed E-state index contributed by atoms with van der Waals surface area (Å²) in [6.07, 6.45) is 1.45. The Kier molecular flexibility index (Phi) is 6.00. The van der Waals surface area contributed by atoms with E-state index < -0.39 is 0 Å². The van der Waals surface area contributed by atoms with Crippen molar-refractivity contribution in [1.82, 2.24) is 10.2 Å². The van der Waals surface area contributed by atoms with E-state index in [4.69, 9.17) is 4.74 Å². The van der Waals surface area contributed by atoms with Crippen molar-refractivity contribution in [2.24, 2.45) is 0 Å². The number of halogens is 1. The third-order valence-electron chi connectivity index (χ3n) is 3.93. The maximum Gasteiger partial charge on any atom is 0.222 e. The molecule has 0 saturated carbocycles. The second-order valence-electron chi connectivity index (χ2n) is 5.39. The Balaban J connectivity index is 1.90. The summed E-state index contributed by atoms with van der Waals surface area (Å²) in [5.74, 6) is 0.439. The highest BCUT2D eigenvalue weighted by molar-refractivity contribution is 5.76. The van der Waals surface area contributed by atoms with E-state index in [1.807, 2.05) is 11.9 Å². The molecular weight excluding hydrogens is 285 g/mol. The minimum Gasteiger partial charge on any atom is -0.494 e. The minimum atomic E-state index is -0.307. The zero-order valence-electron chi connectivity index (χ0n) is 13.3. The number of anilines is 1. The van der Waals surface area contributed by atoms with Gasteiger partial charge in [0.2, 0.25) is 5.91 Å². The molecular formula is C16H24FN3O2. The highest BCUT2D eigenvalue weighted by atomic mass is 19.1. The van der Waals surface area contributed by atoms with Gasteiger partial charge in [-0.1, -0.05) is 0 Å². The number of rotatable bonds is 6. The summed E-state index contributed by atoms with van der Waals surface area (Å²) in [5.41, 5.74) is 0.881. The number of benzene rings is 1. The molecule has 22 heavy (non-hydrogen) atoms. The van der Waals surface area contributed by atoms with Crippen molar-refractivity contribution >= 4 is 11.6 Å². The molecule has 2 rings (SSSR count). The molecule has 0 aliphatic carbocycles. The lowest BCUT2D eigenvalue weighted by atomic mass is 10.2. The quantitative estimate of drug-likeness (QED) is 0.809. The fourth-order valence-corrected chi connectivity index (χ4v) is 2.68. The van der Waals surface area contributed by atoms with Crippen molar-refractivity contribution in [3.8, 4) is 5.75 Å². The fraction of sp³-hybridized carbons (Fsp3) is 0.562. The Morgan fingerprint density at radius 2 is 2.05 bits per heavy atom. The lowest BCUT2D eigenvalue weighted by Crippen LogP contribution is -2.48. The van der Waals surface area contributed by atoms with E-state index in [9.17, 15) is 9.18 Å². The number of nitrogens with zero attached hydrogens (tertiary/aromatic N) is 2. The zero-order valence-corrected chi connectivity index (χ0v) is 13.3. The lowest BCUT2D eigenvalue weighted by molar-refractivity contribution is -0.131. The molecule has 1 aliphatic heterocycles. The molecule has 0 radical (unpaired) electrons. The smallest absolute Gasteiger partial charge is 0.222 e. The lowest BCUT2D eigenvalue weighted by Gasteiger charge is -2.36. The number of methoxy groups -OCH3 is 1. The Hall–Kier alpha value is -1.82. The number of hydrogen-bond donors (Lipinski definition) is 1. The summed E-state index contributed by atoms with van der Waals surface area (Å²) in [6.45, 7) is 3.72. The highest BCUT2D eigenvalue weighted by Crippen LogP contribution is 2.29. The number of amides is 1. The van der Waals surface area contributed by atoms with E-state index in [0.29, 0.717) is 25.3 Å². The van der Waals surface area contributed by atoms with Gasteiger partial charge in [0, 0.05) is 38.7 Å². The molecule has 1 aliphatic rings. The molecule has 1 amide bonds. The van der Waals surface area contributed by atoms with E-state index in [1.165, 1.54) is 12.1 Å². The van der Waals surface area contributed by atoms with Crippen molar-refractivity contribution in [2.45, 2.75) is 12.8 Å². The van der Waals surface area contributed by atoms with Crippen LogP contribution in [0, 0.1) is 5.82 Å². The summed E-state index contributed by atoms with van der Waals surface area (Å²) in [7, 11) is 3.43. The fourth-order valence-electron chi connectivity index (χ4n) is 2.68. The maximum absolute atomic E-state index is 13.3. The molecule has 0 spiro atoms. The van der Waals surface area contributed by atoms with Gasteiger partial charge in [0.05, 0.1) is 12.8 Å². The number of nitrogens with one attached hydrogen (secondary N) is 1. The molecule has 1 fully saturated rings. The van der Waals surface area contributed by atoms with Crippen molar-refractivity contribution in [3.05, 3.63) is 24.0 Å². The van der Waals surface area contributed by atoms with Gasteiger partial charge in [-0.3, -0.25) is 4.79 Å². The van der Waals surface area contributed by atoms with Crippen molar-refractivity contribution in [1.29, 1.82) is 0 Å². The topological polar surface area (TPSA) is 44.8 Å². The van der Waals surface area contributed by atoms with Gasteiger partial charge in [-0.2, -0.15) is 0 Å².